The van der Waals surface area contributed by atoms with Gasteiger partial charge in [-0.05, 0) is 18.2 Å². The molecule has 2 aromatic rings. The third kappa shape index (κ3) is 3.82. The lowest BCUT2D eigenvalue weighted by molar-refractivity contribution is -0.383. The van der Waals surface area contributed by atoms with E-state index < -0.39 is 30.2 Å². The van der Waals surface area contributed by atoms with Gasteiger partial charge >= 0.3 is 6.18 Å². The number of rotatable bonds is 5. The van der Waals surface area contributed by atoms with Crippen LogP contribution in [0.1, 0.15) is 6.42 Å². The molecule has 0 aliphatic carbocycles. The largest absolute Gasteiger partial charge is 0.490 e. The summed E-state index contributed by atoms with van der Waals surface area (Å²) in [6.45, 7) is -0.582. The molecule has 0 aliphatic rings. The number of halogens is 3. The summed E-state index contributed by atoms with van der Waals surface area (Å²) >= 11 is 0. The molecule has 1 aromatic heterocycles. The minimum absolute atomic E-state index is 0.0651. The normalized spacial score (nSPS) is 13.1. The maximum absolute atomic E-state index is 12.1. The van der Waals surface area contributed by atoms with E-state index in [1.165, 1.54) is 24.4 Å². The zero-order chi connectivity index (χ0) is 16.3. The average molecular weight is 316 g/mol. The number of fused-ring (bicyclic) bond motifs is 1. The molecule has 2 rings (SSSR count). The SMILES string of the molecule is O=[N+]([O-])c1ccc(OCC(O)CC(F)(F)F)c2cccnc12. The molecule has 0 aliphatic heterocycles. The van der Waals surface area contributed by atoms with E-state index in [2.05, 4.69) is 4.98 Å². The van der Waals surface area contributed by atoms with E-state index in [1.54, 1.807) is 0 Å². The molecule has 22 heavy (non-hydrogen) atoms. The molecule has 0 amide bonds. The van der Waals surface area contributed by atoms with Crippen molar-refractivity contribution in [3.63, 3.8) is 0 Å². The van der Waals surface area contributed by atoms with Crippen molar-refractivity contribution >= 4 is 16.6 Å². The van der Waals surface area contributed by atoms with Crippen molar-refractivity contribution in [3.05, 3.63) is 40.6 Å². The number of aliphatic hydroxyl groups is 1. The van der Waals surface area contributed by atoms with E-state index >= 15 is 0 Å². The first-order valence-electron chi connectivity index (χ1n) is 6.17. The van der Waals surface area contributed by atoms with E-state index in [1.807, 2.05) is 0 Å². The highest BCUT2D eigenvalue weighted by atomic mass is 19.4. The predicted molar refractivity (Wildman–Crippen MR) is 70.6 cm³/mol. The van der Waals surface area contributed by atoms with Crippen molar-refractivity contribution in [3.8, 4) is 5.75 Å². The molecule has 1 heterocycles. The summed E-state index contributed by atoms with van der Waals surface area (Å²) in [5.74, 6) is 0.120. The average Bonchev–Trinajstić information content (AvgIpc) is 2.42. The number of non-ortho nitro benzene ring substituents is 1. The first-order chi connectivity index (χ1) is 10.3. The number of nitro groups is 1. The van der Waals surface area contributed by atoms with Gasteiger partial charge in [0.15, 0.2) is 5.52 Å². The van der Waals surface area contributed by atoms with Gasteiger partial charge < -0.3 is 9.84 Å². The second-order valence-corrected chi connectivity index (χ2v) is 4.52. The van der Waals surface area contributed by atoms with Gasteiger partial charge in [-0.3, -0.25) is 10.1 Å². The summed E-state index contributed by atoms with van der Waals surface area (Å²) in [6, 6.07) is 5.44. The zero-order valence-electron chi connectivity index (χ0n) is 11.1. The Morgan fingerprint density at radius 3 is 2.73 bits per heavy atom. The number of aromatic nitrogens is 1. The molecule has 1 unspecified atom stereocenters. The molecule has 0 saturated carbocycles. The Bertz CT molecular complexity index is 691. The molecule has 0 saturated heterocycles. The Labute approximate surface area is 122 Å². The van der Waals surface area contributed by atoms with Crippen LogP contribution in [0.2, 0.25) is 0 Å². The molecule has 0 spiro atoms. The zero-order valence-corrected chi connectivity index (χ0v) is 11.1. The highest BCUT2D eigenvalue weighted by Crippen LogP contribution is 2.31. The van der Waals surface area contributed by atoms with Gasteiger partial charge in [0.1, 0.15) is 12.4 Å². The van der Waals surface area contributed by atoms with Gasteiger partial charge in [-0.15, -0.1) is 0 Å². The summed E-state index contributed by atoms with van der Waals surface area (Å²) in [5, 5.41) is 20.5. The number of nitrogens with zero attached hydrogens (tertiary/aromatic N) is 2. The smallest absolute Gasteiger partial charge is 0.391 e. The van der Waals surface area contributed by atoms with Crippen LogP contribution in [0, 0.1) is 10.1 Å². The van der Waals surface area contributed by atoms with Crippen molar-refractivity contribution in [2.24, 2.45) is 0 Å². The van der Waals surface area contributed by atoms with E-state index in [-0.39, 0.29) is 22.3 Å². The lowest BCUT2D eigenvalue weighted by Crippen LogP contribution is -2.25. The number of nitro benzene ring substituents is 1. The minimum Gasteiger partial charge on any atom is -0.490 e. The Balaban J connectivity index is 2.22. The highest BCUT2D eigenvalue weighted by molar-refractivity contribution is 5.91. The fourth-order valence-electron chi connectivity index (χ4n) is 1.92. The van der Waals surface area contributed by atoms with Crippen molar-refractivity contribution in [2.75, 3.05) is 6.61 Å². The maximum Gasteiger partial charge on any atom is 0.391 e. The Morgan fingerprint density at radius 2 is 2.09 bits per heavy atom. The summed E-state index contributed by atoms with van der Waals surface area (Å²) in [7, 11) is 0. The number of ether oxygens (including phenoxy) is 1. The fourth-order valence-corrected chi connectivity index (χ4v) is 1.92. The number of benzene rings is 1. The third-order valence-corrected chi connectivity index (χ3v) is 2.80. The maximum atomic E-state index is 12.1. The van der Waals surface area contributed by atoms with Crippen molar-refractivity contribution in [2.45, 2.75) is 18.7 Å². The fraction of sp³-hybridized carbons (Fsp3) is 0.308. The number of alkyl halides is 3. The summed E-state index contributed by atoms with van der Waals surface area (Å²) in [5.41, 5.74) is -0.172. The molecule has 1 aromatic carbocycles. The van der Waals surface area contributed by atoms with Gasteiger partial charge in [0, 0.05) is 17.6 Å². The van der Waals surface area contributed by atoms with Crippen LogP contribution in [-0.4, -0.2) is 33.9 Å². The number of hydrogen-bond donors (Lipinski definition) is 1. The first kappa shape index (κ1) is 16.0. The van der Waals surface area contributed by atoms with Crippen LogP contribution in [0.5, 0.6) is 5.75 Å². The standard InChI is InChI=1S/C13H11F3N2O4/c14-13(15,16)6-8(19)7-22-11-4-3-10(18(20)21)12-9(11)2-1-5-17-12/h1-5,8,19H,6-7H2. The van der Waals surface area contributed by atoms with Gasteiger partial charge in [0.05, 0.1) is 17.4 Å². The van der Waals surface area contributed by atoms with Gasteiger partial charge in [0.25, 0.3) is 5.69 Å². The molecule has 1 atom stereocenters. The van der Waals surface area contributed by atoms with Gasteiger partial charge in [-0.1, -0.05) is 0 Å². The van der Waals surface area contributed by atoms with Crippen LogP contribution >= 0.6 is 0 Å². The molecule has 0 bridgehead atoms. The van der Waals surface area contributed by atoms with Crippen LogP contribution in [0.3, 0.4) is 0 Å². The Hall–Kier alpha value is -2.42. The van der Waals surface area contributed by atoms with Gasteiger partial charge in [-0.25, -0.2) is 4.98 Å². The van der Waals surface area contributed by atoms with E-state index in [9.17, 15) is 28.4 Å². The quantitative estimate of drug-likeness (QED) is 0.677. The molecular formula is C13H11F3N2O4. The summed E-state index contributed by atoms with van der Waals surface area (Å²) in [4.78, 5) is 14.2. The van der Waals surface area contributed by atoms with Crippen LogP contribution < -0.4 is 4.74 Å². The molecule has 0 radical (unpaired) electrons. The molecule has 1 N–H and O–H groups in total. The lowest BCUT2D eigenvalue weighted by atomic mass is 10.1. The number of hydrogen-bond acceptors (Lipinski definition) is 5. The molecule has 118 valence electrons. The lowest BCUT2D eigenvalue weighted by Gasteiger charge is -2.15. The van der Waals surface area contributed by atoms with E-state index in [4.69, 9.17) is 4.74 Å². The summed E-state index contributed by atoms with van der Waals surface area (Å²) in [6.07, 6.45) is -6.25. The first-order valence-corrected chi connectivity index (χ1v) is 6.17. The van der Waals surface area contributed by atoms with Crippen molar-refractivity contribution in [1.82, 2.24) is 4.98 Å². The Kier molecular flexibility index (Phi) is 4.45. The van der Waals surface area contributed by atoms with Gasteiger partial charge in [-0.2, -0.15) is 13.2 Å². The number of aliphatic hydroxyl groups excluding tert-OH is 1. The summed E-state index contributed by atoms with van der Waals surface area (Å²) < 4.78 is 41.5. The van der Waals surface area contributed by atoms with Crippen LogP contribution in [-0.2, 0) is 0 Å². The van der Waals surface area contributed by atoms with Gasteiger partial charge in [0.2, 0.25) is 0 Å². The Morgan fingerprint density at radius 1 is 1.36 bits per heavy atom. The van der Waals surface area contributed by atoms with Crippen LogP contribution in [0.15, 0.2) is 30.5 Å². The second-order valence-electron chi connectivity index (χ2n) is 4.52. The second kappa shape index (κ2) is 6.14. The van der Waals surface area contributed by atoms with E-state index in [0.29, 0.717) is 0 Å². The van der Waals surface area contributed by atoms with Crippen molar-refractivity contribution < 1.29 is 27.9 Å². The third-order valence-electron chi connectivity index (χ3n) is 2.80. The predicted octanol–water partition coefficient (Wildman–Crippen LogP) is 2.84. The van der Waals surface area contributed by atoms with Crippen LogP contribution in [0.4, 0.5) is 18.9 Å². The van der Waals surface area contributed by atoms with E-state index in [0.717, 1.165) is 6.07 Å². The number of pyridine rings is 1. The van der Waals surface area contributed by atoms with Crippen LogP contribution in [0.25, 0.3) is 10.9 Å². The molecule has 0 fully saturated rings. The van der Waals surface area contributed by atoms with Crippen molar-refractivity contribution in [1.29, 1.82) is 0 Å². The monoisotopic (exact) mass is 316 g/mol. The minimum atomic E-state index is -4.50. The molecule has 6 nitrogen and oxygen atoms in total. The highest BCUT2D eigenvalue weighted by Gasteiger charge is 2.31. The molecular weight excluding hydrogens is 305 g/mol. The topological polar surface area (TPSA) is 85.5 Å². The molecule has 9 heteroatoms.